The molecule has 0 spiro atoms. The van der Waals surface area contributed by atoms with Crippen molar-refractivity contribution in [2.24, 2.45) is 0 Å². The van der Waals surface area contributed by atoms with Crippen molar-refractivity contribution in [2.45, 2.75) is 56.4 Å². The molecule has 8 nitrogen and oxygen atoms in total. The van der Waals surface area contributed by atoms with E-state index in [1.165, 1.54) is 0 Å². The number of imidazole rings is 1. The molecule has 162 valence electrons. The van der Waals surface area contributed by atoms with Crippen LogP contribution in [-0.2, 0) is 0 Å². The average molecular weight is 423 g/mol. The summed E-state index contributed by atoms with van der Waals surface area (Å²) >= 11 is 0. The van der Waals surface area contributed by atoms with Crippen molar-refractivity contribution in [3.8, 4) is 22.7 Å². The van der Waals surface area contributed by atoms with Gasteiger partial charge in [-0.2, -0.15) is 0 Å². The lowest BCUT2D eigenvalue weighted by atomic mass is 9.74. The first kappa shape index (κ1) is 19.9. The van der Waals surface area contributed by atoms with Crippen LogP contribution >= 0.6 is 0 Å². The third kappa shape index (κ3) is 3.63. The molecule has 1 aromatic carbocycles. The second-order valence-electron chi connectivity index (χ2n) is 8.85. The standard InChI is InChI=1S/C22H26FN7O/c1-22-7-3-4-16(26-22)20(23)18(11-22)29(2)21-25-12-17(27-28-21)15-6-5-14(10-19(15)31)30-9-8-24-13-30/h5-6,8-10,12-13,16,18,20,26,31H,3-4,7,11H2,1-2H3/t16-,18+,20-,22+/m0/s1. The lowest BCUT2D eigenvalue weighted by Crippen LogP contribution is -2.66. The van der Waals surface area contributed by atoms with Crippen LogP contribution in [-0.4, -0.2) is 60.7 Å². The van der Waals surface area contributed by atoms with Crippen molar-refractivity contribution in [3.05, 3.63) is 43.1 Å². The molecule has 5 rings (SSSR count). The fraction of sp³-hybridized carbons (Fsp3) is 0.455. The molecule has 2 fully saturated rings. The predicted molar refractivity (Wildman–Crippen MR) is 115 cm³/mol. The van der Waals surface area contributed by atoms with Gasteiger partial charge in [0, 0.05) is 42.7 Å². The quantitative estimate of drug-likeness (QED) is 0.667. The molecule has 2 aliphatic heterocycles. The van der Waals surface area contributed by atoms with E-state index in [2.05, 4.69) is 32.4 Å². The number of aromatic hydroxyl groups is 1. The van der Waals surface area contributed by atoms with Crippen LogP contribution in [0, 0.1) is 0 Å². The summed E-state index contributed by atoms with van der Waals surface area (Å²) in [5, 5.41) is 22.5. The molecule has 4 atom stereocenters. The zero-order valence-corrected chi connectivity index (χ0v) is 17.6. The normalized spacial score (nSPS) is 27.8. The van der Waals surface area contributed by atoms with Crippen LogP contribution in [0.15, 0.2) is 43.1 Å². The van der Waals surface area contributed by atoms with Crippen molar-refractivity contribution in [2.75, 3.05) is 11.9 Å². The van der Waals surface area contributed by atoms with Crippen molar-refractivity contribution in [3.63, 3.8) is 0 Å². The average Bonchev–Trinajstić information content (AvgIpc) is 3.31. The maximum Gasteiger partial charge on any atom is 0.245 e. The van der Waals surface area contributed by atoms with Gasteiger partial charge in [0.15, 0.2) is 0 Å². The molecule has 2 bridgehead atoms. The molecular formula is C22H26FN7O. The van der Waals surface area contributed by atoms with Gasteiger partial charge < -0.3 is 19.9 Å². The van der Waals surface area contributed by atoms with Crippen LogP contribution in [0.1, 0.15) is 32.6 Å². The Bertz CT molecular complexity index is 1060. The number of hydrogen-bond acceptors (Lipinski definition) is 7. The number of hydrogen-bond donors (Lipinski definition) is 2. The molecule has 0 aliphatic carbocycles. The van der Waals surface area contributed by atoms with Crippen LogP contribution in [0.5, 0.6) is 5.75 Å². The Balaban J connectivity index is 1.36. The molecule has 31 heavy (non-hydrogen) atoms. The highest BCUT2D eigenvalue weighted by atomic mass is 19.1. The number of phenols is 1. The first-order chi connectivity index (χ1) is 14.9. The summed E-state index contributed by atoms with van der Waals surface area (Å²) in [6, 6.07) is 4.85. The number of phenolic OH excluding ortho intramolecular Hbond substituents is 1. The lowest BCUT2D eigenvalue weighted by molar-refractivity contribution is 0.0605. The highest BCUT2D eigenvalue weighted by Crippen LogP contribution is 2.38. The summed E-state index contributed by atoms with van der Waals surface area (Å²) in [4.78, 5) is 10.3. The Morgan fingerprint density at radius 1 is 1.32 bits per heavy atom. The molecule has 2 saturated heterocycles. The third-order valence-electron chi connectivity index (χ3n) is 6.61. The monoisotopic (exact) mass is 423 g/mol. The minimum absolute atomic E-state index is 0.0550. The van der Waals surface area contributed by atoms with E-state index in [-0.39, 0.29) is 23.4 Å². The number of nitrogens with zero attached hydrogens (tertiary/aromatic N) is 6. The number of anilines is 1. The van der Waals surface area contributed by atoms with Gasteiger partial charge in [-0.1, -0.05) is 0 Å². The molecule has 0 unspecified atom stereocenters. The molecule has 2 aromatic heterocycles. The summed E-state index contributed by atoms with van der Waals surface area (Å²) in [6.45, 7) is 2.17. The zero-order chi connectivity index (χ0) is 21.6. The predicted octanol–water partition coefficient (Wildman–Crippen LogP) is 2.88. The van der Waals surface area contributed by atoms with Crippen molar-refractivity contribution >= 4 is 5.95 Å². The van der Waals surface area contributed by atoms with Gasteiger partial charge in [0.25, 0.3) is 0 Å². The maximum absolute atomic E-state index is 15.2. The first-order valence-electron chi connectivity index (χ1n) is 10.6. The van der Waals surface area contributed by atoms with Gasteiger partial charge in [0.2, 0.25) is 5.95 Å². The number of alkyl halides is 1. The van der Waals surface area contributed by atoms with Gasteiger partial charge in [-0.15, -0.1) is 10.2 Å². The molecular weight excluding hydrogens is 397 g/mol. The van der Waals surface area contributed by atoms with E-state index in [9.17, 15) is 5.11 Å². The number of rotatable bonds is 4. The van der Waals surface area contributed by atoms with Gasteiger partial charge in [0.05, 0.1) is 24.3 Å². The van der Waals surface area contributed by atoms with Gasteiger partial charge in [-0.25, -0.2) is 14.4 Å². The summed E-state index contributed by atoms with van der Waals surface area (Å²) in [7, 11) is 1.83. The molecule has 3 aromatic rings. The second kappa shape index (κ2) is 7.56. The summed E-state index contributed by atoms with van der Waals surface area (Å²) in [6.07, 6.45) is 9.38. The molecule has 4 heterocycles. The second-order valence-corrected chi connectivity index (χ2v) is 8.85. The highest BCUT2D eigenvalue weighted by molar-refractivity contribution is 5.68. The summed E-state index contributed by atoms with van der Waals surface area (Å²) in [5.41, 5.74) is 1.72. The SMILES string of the molecule is CN(c1ncc(-c2ccc(-n3ccnc3)cc2O)nn1)[C@@H]1C[C@@]2(C)CCC[C@H](N2)[C@@H]1F. The number of piperidine rings is 2. The smallest absolute Gasteiger partial charge is 0.245 e. The number of benzene rings is 1. The van der Waals surface area contributed by atoms with Crippen molar-refractivity contribution < 1.29 is 9.50 Å². The van der Waals surface area contributed by atoms with Crippen molar-refractivity contribution in [1.29, 1.82) is 0 Å². The Hall–Kier alpha value is -3.07. The minimum Gasteiger partial charge on any atom is -0.507 e. The van der Waals surface area contributed by atoms with E-state index in [0.717, 1.165) is 24.9 Å². The van der Waals surface area contributed by atoms with Crippen LogP contribution in [0.4, 0.5) is 10.3 Å². The van der Waals surface area contributed by atoms with Crippen LogP contribution in [0.2, 0.25) is 0 Å². The van der Waals surface area contributed by atoms with Gasteiger partial charge in [-0.05, 0) is 44.7 Å². The molecule has 0 radical (unpaired) electrons. The van der Waals surface area contributed by atoms with Gasteiger partial charge in [-0.3, -0.25) is 0 Å². The fourth-order valence-corrected chi connectivity index (χ4v) is 4.91. The molecule has 0 amide bonds. The van der Waals surface area contributed by atoms with Crippen LogP contribution < -0.4 is 10.2 Å². The van der Waals surface area contributed by atoms with E-state index >= 15 is 4.39 Å². The summed E-state index contributed by atoms with van der Waals surface area (Å²) in [5.74, 6) is 0.459. The number of aromatic nitrogens is 5. The van der Waals surface area contributed by atoms with Gasteiger partial charge in [0.1, 0.15) is 17.6 Å². The number of fused-ring (bicyclic) bond motifs is 2. The summed E-state index contributed by atoms with van der Waals surface area (Å²) < 4.78 is 17.0. The third-order valence-corrected chi connectivity index (χ3v) is 6.61. The Morgan fingerprint density at radius 2 is 2.19 bits per heavy atom. The molecule has 2 N–H and O–H groups in total. The lowest BCUT2D eigenvalue weighted by Gasteiger charge is -2.51. The Kier molecular flexibility index (Phi) is 4.85. The minimum atomic E-state index is -0.985. The maximum atomic E-state index is 15.2. The number of halogens is 1. The van der Waals surface area contributed by atoms with Crippen molar-refractivity contribution in [1.82, 2.24) is 30.0 Å². The van der Waals surface area contributed by atoms with E-state index < -0.39 is 6.17 Å². The van der Waals surface area contributed by atoms with E-state index in [4.69, 9.17) is 0 Å². The van der Waals surface area contributed by atoms with Gasteiger partial charge >= 0.3 is 0 Å². The fourth-order valence-electron chi connectivity index (χ4n) is 4.91. The zero-order valence-electron chi connectivity index (χ0n) is 17.6. The topological polar surface area (TPSA) is 92.0 Å². The molecule has 2 aliphatic rings. The number of nitrogens with one attached hydrogen (secondary N) is 1. The molecule has 9 heteroatoms. The van der Waals surface area contributed by atoms with Crippen LogP contribution in [0.3, 0.4) is 0 Å². The largest absolute Gasteiger partial charge is 0.507 e. The Labute approximate surface area is 180 Å². The van der Waals surface area contributed by atoms with E-state index in [1.807, 2.05) is 13.1 Å². The highest BCUT2D eigenvalue weighted by Gasteiger charge is 2.47. The van der Waals surface area contributed by atoms with Crippen LogP contribution in [0.25, 0.3) is 16.9 Å². The molecule has 0 saturated carbocycles. The van der Waals surface area contributed by atoms with E-state index in [0.29, 0.717) is 23.6 Å². The Morgan fingerprint density at radius 3 is 2.90 bits per heavy atom. The first-order valence-corrected chi connectivity index (χ1v) is 10.6. The van der Waals surface area contributed by atoms with E-state index in [1.54, 1.807) is 46.5 Å².